The van der Waals surface area contributed by atoms with Crippen LogP contribution in [0.4, 0.5) is 5.82 Å². The highest BCUT2D eigenvalue weighted by molar-refractivity contribution is 5.68. The second-order valence-electron chi connectivity index (χ2n) is 3.36. The summed E-state index contributed by atoms with van der Waals surface area (Å²) in [6.45, 7) is 0. The van der Waals surface area contributed by atoms with Gasteiger partial charge in [0.25, 0.3) is 0 Å². The maximum Gasteiger partial charge on any atom is 0.151 e. The summed E-state index contributed by atoms with van der Waals surface area (Å²) in [5, 5.41) is 0. The zero-order chi connectivity index (χ0) is 11.0. The topological polar surface area (TPSA) is 69.1 Å². The van der Waals surface area contributed by atoms with E-state index >= 15 is 0 Å². The van der Waals surface area contributed by atoms with Crippen molar-refractivity contribution in [3.63, 3.8) is 0 Å². The van der Waals surface area contributed by atoms with Crippen molar-refractivity contribution in [3.8, 4) is 11.4 Å². The van der Waals surface area contributed by atoms with E-state index in [2.05, 4.69) is 15.0 Å². The maximum absolute atomic E-state index is 5.81. The molecule has 0 atom stereocenters. The minimum absolute atomic E-state index is 0.420. The Morgan fingerprint density at radius 2 is 1.88 bits per heavy atom. The molecule has 3 aromatic rings. The SMILES string of the molecule is Nc1nccnc1-c1cccc2nccn12. The smallest absolute Gasteiger partial charge is 0.151 e. The Hall–Kier alpha value is -2.43. The van der Waals surface area contributed by atoms with Crippen molar-refractivity contribution in [1.29, 1.82) is 0 Å². The minimum atomic E-state index is 0.420. The van der Waals surface area contributed by atoms with Crippen molar-refractivity contribution in [3.05, 3.63) is 43.0 Å². The fourth-order valence-electron chi connectivity index (χ4n) is 1.69. The Morgan fingerprint density at radius 3 is 2.75 bits per heavy atom. The quantitative estimate of drug-likeness (QED) is 0.660. The summed E-state index contributed by atoms with van der Waals surface area (Å²) in [6, 6.07) is 5.79. The van der Waals surface area contributed by atoms with Crippen molar-refractivity contribution >= 4 is 11.5 Å². The first-order valence-electron chi connectivity index (χ1n) is 4.85. The molecule has 3 heterocycles. The lowest BCUT2D eigenvalue weighted by Crippen LogP contribution is -1.99. The van der Waals surface area contributed by atoms with Crippen LogP contribution < -0.4 is 5.73 Å². The average molecular weight is 211 g/mol. The molecule has 0 saturated carbocycles. The normalized spacial score (nSPS) is 10.8. The predicted molar refractivity (Wildman–Crippen MR) is 60.6 cm³/mol. The molecule has 0 radical (unpaired) electrons. The molecule has 0 unspecified atom stereocenters. The summed E-state index contributed by atoms with van der Waals surface area (Å²) in [6.07, 6.45) is 6.82. The van der Waals surface area contributed by atoms with E-state index in [0.717, 1.165) is 11.3 Å². The van der Waals surface area contributed by atoms with Crippen molar-refractivity contribution < 1.29 is 0 Å². The molecule has 0 amide bonds. The summed E-state index contributed by atoms with van der Waals surface area (Å²) >= 11 is 0. The molecule has 0 fully saturated rings. The first-order valence-corrected chi connectivity index (χ1v) is 4.85. The van der Waals surface area contributed by atoms with Gasteiger partial charge < -0.3 is 5.73 Å². The lowest BCUT2D eigenvalue weighted by molar-refractivity contribution is 1.14. The van der Waals surface area contributed by atoms with Crippen LogP contribution in [0.15, 0.2) is 43.0 Å². The second kappa shape index (κ2) is 3.30. The molecule has 0 spiro atoms. The molecular formula is C11H9N5. The van der Waals surface area contributed by atoms with Gasteiger partial charge in [0.1, 0.15) is 11.3 Å². The van der Waals surface area contributed by atoms with Gasteiger partial charge in [-0.2, -0.15) is 0 Å². The molecule has 2 N–H and O–H groups in total. The standard InChI is InChI=1S/C11H9N5/c12-11-10(14-4-5-15-11)8-2-1-3-9-13-6-7-16(8)9/h1-7H,(H2,12,15). The van der Waals surface area contributed by atoms with Crippen LogP contribution in [0.3, 0.4) is 0 Å². The molecule has 0 aliphatic carbocycles. The number of pyridine rings is 1. The molecular weight excluding hydrogens is 202 g/mol. The zero-order valence-corrected chi connectivity index (χ0v) is 8.41. The van der Waals surface area contributed by atoms with E-state index in [4.69, 9.17) is 5.73 Å². The Kier molecular flexibility index (Phi) is 1.83. The first-order chi connectivity index (χ1) is 7.86. The van der Waals surface area contributed by atoms with Crippen molar-refractivity contribution in [2.45, 2.75) is 0 Å². The number of imidazole rings is 1. The number of fused-ring (bicyclic) bond motifs is 1. The highest BCUT2D eigenvalue weighted by Crippen LogP contribution is 2.21. The van der Waals surface area contributed by atoms with Crippen molar-refractivity contribution in [2.75, 3.05) is 5.73 Å². The summed E-state index contributed by atoms with van der Waals surface area (Å²) in [5.41, 5.74) is 8.23. The third-order valence-corrected chi connectivity index (χ3v) is 2.40. The van der Waals surface area contributed by atoms with Crippen molar-refractivity contribution in [2.24, 2.45) is 0 Å². The Bertz CT molecular complexity index is 643. The second-order valence-corrected chi connectivity index (χ2v) is 3.36. The first kappa shape index (κ1) is 8.84. The summed E-state index contributed by atoms with van der Waals surface area (Å²) in [5.74, 6) is 0.420. The number of hydrogen-bond acceptors (Lipinski definition) is 4. The number of nitrogens with two attached hydrogens (primary N) is 1. The number of aromatic nitrogens is 4. The Morgan fingerprint density at radius 1 is 1.00 bits per heavy atom. The molecule has 5 nitrogen and oxygen atoms in total. The Balaban J connectivity index is 2.34. The molecule has 5 heteroatoms. The van der Waals surface area contributed by atoms with E-state index in [9.17, 15) is 0 Å². The van der Waals surface area contributed by atoms with Gasteiger partial charge in [0.15, 0.2) is 5.82 Å². The molecule has 78 valence electrons. The van der Waals surface area contributed by atoms with Gasteiger partial charge in [-0.05, 0) is 12.1 Å². The lowest BCUT2D eigenvalue weighted by Gasteiger charge is -2.05. The lowest BCUT2D eigenvalue weighted by atomic mass is 10.2. The number of nitrogen functional groups attached to an aromatic ring is 1. The van der Waals surface area contributed by atoms with E-state index in [-0.39, 0.29) is 0 Å². The van der Waals surface area contributed by atoms with Gasteiger partial charge in [-0.25, -0.2) is 15.0 Å². The van der Waals surface area contributed by atoms with E-state index in [1.54, 1.807) is 18.6 Å². The fourth-order valence-corrected chi connectivity index (χ4v) is 1.69. The molecule has 3 rings (SSSR count). The number of anilines is 1. The van der Waals surface area contributed by atoms with E-state index in [1.165, 1.54) is 0 Å². The van der Waals surface area contributed by atoms with Crippen LogP contribution in [-0.4, -0.2) is 19.4 Å². The number of nitrogens with zero attached hydrogens (tertiary/aromatic N) is 4. The van der Waals surface area contributed by atoms with Crippen LogP contribution >= 0.6 is 0 Å². The molecule has 3 aromatic heterocycles. The van der Waals surface area contributed by atoms with Gasteiger partial charge in [-0.15, -0.1) is 0 Å². The third-order valence-electron chi connectivity index (χ3n) is 2.40. The maximum atomic E-state index is 5.81. The Labute approximate surface area is 91.6 Å². The van der Waals surface area contributed by atoms with Crippen LogP contribution in [0.5, 0.6) is 0 Å². The highest BCUT2D eigenvalue weighted by Gasteiger charge is 2.08. The van der Waals surface area contributed by atoms with Crippen LogP contribution in [0.1, 0.15) is 0 Å². The van der Waals surface area contributed by atoms with Crippen LogP contribution in [0, 0.1) is 0 Å². The molecule has 0 aliphatic rings. The van der Waals surface area contributed by atoms with Gasteiger partial charge in [-0.1, -0.05) is 6.07 Å². The molecule has 16 heavy (non-hydrogen) atoms. The van der Waals surface area contributed by atoms with E-state index in [1.807, 2.05) is 28.8 Å². The average Bonchev–Trinajstić information content (AvgIpc) is 2.77. The summed E-state index contributed by atoms with van der Waals surface area (Å²) in [4.78, 5) is 12.5. The minimum Gasteiger partial charge on any atom is -0.382 e. The zero-order valence-electron chi connectivity index (χ0n) is 8.41. The number of rotatable bonds is 1. The van der Waals surface area contributed by atoms with Crippen LogP contribution in [0.2, 0.25) is 0 Å². The van der Waals surface area contributed by atoms with Crippen LogP contribution in [-0.2, 0) is 0 Å². The fraction of sp³-hybridized carbons (Fsp3) is 0. The van der Waals surface area contributed by atoms with E-state index < -0.39 is 0 Å². The van der Waals surface area contributed by atoms with Crippen LogP contribution in [0.25, 0.3) is 17.0 Å². The van der Waals surface area contributed by atoms with Gasteiger partial charge in [0.05, 0.1) is 5.69 Å². The predicted octanol–water partition coefficient (Wildman–Crippen LogP) is 1.37. The summed E-state index contributed by atoms with van der Waals surface area (Å²) in [7, 11) is 0. The van der Waals surface area contributed by atoms with Crippen molar-refractivity contribution in [1.82, 2.24) is 19.4 Å². The van der Waals surface area contributed by atoms with Gasteiger partial charge in [0.2, 0.25) is 0 Å². The van der Waals surface area contributed by atoms with Gasteiger partial charge >= 0.3 is 0 Å². The molecule has 0 aromatic carbocycles. The third kappa shape index (κ3) is 1.22. The largest absolute Gasteiger partial charge is 0.382 e. The monoisotopic (exact) mass is 211 g/mol. The highest BCUT2D eigenvalue weighted by atomic mass is 15.0. The molecule has 0 saturated heterocycles. The van der Waals surface area contributed by atoms with Gasteiger partial charge in [-0.3, -0.25) is 4.40 Å². The molecule has 0 aliphatic heterocycles. The summed E-state index contributed by atoms with van der Waals surface area (Å²) < 4.78 is 1.93. The van der Waals surface area contributed by atoms with Gasteiger partial charge in [0, 0.05) is 24.8 Å². The number of hydrogen-bond donors (Lipinski definition) is 1. The van der Waals surface area contributed by atoms with E-state index in [0.29, 0.717) is 11.5 Å². The molecule has 0 bridgehead atoms.